The molecule has 5 heteroatoms. The van der Waals surface area contributed by atoms with Crippen molar-refractivity contribution in [1.29, 1.82) is 0 Å². The molecule has 0 unspecified atom stereocenters. The molecule has 0 radical (unpaired) electrons. The van der Waals surface area contributed by atoms with Gasteiger partial charge < -0.3 is 14.7 Å². The lowest BCUT2D eigenvalue weighted by Gasteiger charge is -2.36. The lowest BCUT2D eigenvalue weighted by atomic mass is 9.87. The van der Waals surface area contributed by atoms with Crippen molar-refractivity contribution in [3.63, 3.8) is 0 Å². The number of carbonyl (C=O) groups is 1. The summed E-state index contributed by atoms with van der Waals surface area (Å²) >= 11 is 0. The molecule has 1 aromatic rings. The second-order valence-corrected chi connectivity index (χ2v) is 6.04. The smallest absolute Gasteiger partial charge is 0.236 e. The van der Waals surface area contributed by atoms with Crippen LogP contribution in [0.2, 0.25) is 0 Å². The Hall–Kier alpha value is -1.59. The molecule has 2 atom stereocenters. The second kappa shape index (κ2) is 8.31. The molecule has 0 saturated carbocycles. The maximum Gasteiger partial charge on any atom is 0.236 e. The molecule has 1 amide bonds. The molecule has 1 aliphatic rings. The molecule has 2 rings (SSSR count). The fraction of sp³-hybridized carbons (Fsp3) is 0.611. The van der Waals surface area contributed by atoms with Gasteiger partial charge in [-0.25, -0.2) is 0 Å². The van der Waals surface area contributed by atoms with E-state index in [1.54, 1.807) is 7.11 Å². The lowest BCUT2D eigenvalue weighted by molar-refractivity contribution is -0.132. The fourth-order valence-corrected chi connectivity index (χ4v) is 3.25. The van der Waals surface area contributed by atoms with Gasteiger partial charge >= 0.3 is 0 Å². The number of likely N-dealkylation sites (N-methyl/N-ethyl adjacent to an activating group) is 1. The summed E-state index contributed by atoms with van der Waals surface area (Å²) in [6.45, 7) is 7.23. The number of ether oxygens (including phenoxy) is 1. The van der Waals surface area contributed by atoms with Crippen LogP contribution in [0, 0.1) is 0 Å². The topological polar surface area (TPSA) is 53.0 Å². The van der Waals surface area contributed by atoms with E-state index < -0.39 is 6.10 Å². The molecule has 1 heterocycles. The van der Waals surface area contributed by atoms with Gasteiger partial charge in [0.05, 0.1) is 19.8 Å². The summed E-state index contributed by atoms with van der Waals surface area (Å²) < 4.78 is 5.17. The summed E-state index contributed by atoms with van der Waals surface area (Å²) in [5.74, 6) is 1.09. The number of amides is 1. The Balaban J connectivity index is 1.92. The highest BCUT2D eigenvalue weighted by molar-refractivity contribution is 5.78. The van der Waals surface area contributed by atoms with Gasteiger partial charge in [-0.3, -0.25) is 9.69 Å². The first-order chi connectivity index (χ1) is 11.1. The Morgan fingerprint density at radius 3 is 2.48 bits per heavy atom. The van der Waals surface area contributed by atoms with Crippen LogP contribution in [0.4, 0.5) is 0 Å². The Labute approximate surface area is 138 Å². The average molecular weight is 320 g/mol. The van der Waals surface area contributed by atoms with Gasteiger partial charge in [0.2, 0.25) is 5.91 Å². The van der Waals surface area contributed by atoms with Gasteiger partial charge in [0.1, 0.15) is 5.75 Å². The zero-order valence-electron chi connectivity index (χ0n) is 14.4. The van der Waals surface area contributed by atoms with Crippen molar-refractivity contribution >= 4 is 5.91 Å². The maximum absolute atomic E-state index is 12.2. The molecule has 1 N–H and O–H groups in total. The highest BCUT2D eigenvalue weighted by Crippen LogP contribution is 2.29. The van der Waals surface area contributed by atoms with Gasteiger partial charge in [0.15, 0.2) is 0 Å². The largest absolute Gasteiger partial charge is 0.497 e. The molecule has 23 heavy (non-hydrogen) atoms. The first-order valence-electron chi connectivity index (χ1n) is 8.41. The highest BCUT2D eigenvalue weighted by Gasteiger charge is 2.30. The van der Waals surface area contributed by atoms with Crippen molar-refractivity contribution in [2.75, 3.05) is 39.8 Å². The number of nitrogens with zero attached hydrogens (tertiary/aromatic N) is 2. The second-order valence-electron chi connectivity index (χ2n) is 6.04. The number of methoxy groups -OCH3 is 1. The minimum absolute atomic E-state index is 0.126. The van der Waals surface area contributed by atoms with E-state index in [4.69, 9.17) is 4.74 Å². The van der Waals surface area contributed by atoms with E-state index in [2.05, 4.69) is 4.90 Å². The Kier molecular flexibility index (Phi) is 6.42. The number of benzene rings is 1. The summed E-state index contributed by atoms with van der Waals surface area (Å²) in [4.78, 5) is 16.1. The number of carbonyl (C=O) groups excluding carboxylic acids is 1. The number of hydrogen-bond acceptors (Lipinski definition) is 4. The van der Waals surface area contributed by atoms with Crippen molar-refractivity contribution in [2.45, 2.75) is 32.3 Å². The molecule has 1 aromatic carbocycles. The maximum atomic E-state index is 12.2. The molecule has 0 aromatic heterocycles. The number of piperidine rings is 1. The van der Waals surface area contributed by atoms with Crippen LogP contribution in [-0.4, -0.2) is 66.8 Å². The molecule has 0 aliphatic carbocycles. The van der Waals surface area contributed by atoms with Gasteiger partial charge in [-0.1, -0.05) is 12.1 Å². The van der Waals surface area contributed by atoms with Crippen molar-refractivity contribution in [3.05, 3.63) is 29.8 Å². The van der Waals surface area contributed by atoms with Crippen LogP contribution in [-0.2, 0) is 4.79 Å². The summed E-state index contributed by atoms with van der Waals surface area (Å²) in [6.07, 6.45) is 0.417. The van der Waals surface area contributed by atoms with E-state index in [1.165, 1.54) is 0 Å². The molecule has 5 nitrogen and oxygen atoms in total. The normalized spacial score (nSPS) is 21.9. The van der Waals surface area contributed by atoms with E-state index in [1.807, 2.05) is 43.0 Å². The monoisotopic (exact) mass is 320 g/mol. The van der Waals surface area contributed by atoms with Gasteiger partial charge in [-0.05, 0) is 44.5 Å². The number of aliphatic hydroxyl groups is 1. The van der Waals surface area contributed by atoms with Crippen LogP contribution in [0.1, 0.15) is 31.7 Å². The summed E-state index contributed by atoms with van der Waals surface area (Å²) in [5.41, 5.74) is 1.13. The molecular weight excluding hydrogens is 292 g/mol. The molecular formula is C18H28N2O3. The van der Waals surface area contributed by atoms with Crippen molar-refractivity contribution in [1.82, 2.24) is 9.80 Å². The van der Waals surface area contributed by atoms with Gasteiger partial charge in [0, 0.05) is 25.6 Å². The van der Waals surface area contributed by atoms with E-state index in [0.29, 0.717) is 13.1 Å². The minimum atomic E-state index is -0.443. The zero-order chi connectivity index (χ0) is 16.8. The molecule has 1 aliphatic heterocycles. The van der Waals surface area contributed by atoms with E-state index in [9.17, 15) is 9.90 Å². The van der Waals surface area contributed by atoms with Crippen molar-refractivity contribution in [3.8, 4) is 5.75 Å². The third kappa shape index (κ3) is 4.45. The Morgan fingerprint density at radius 2 is 1.96 bits per heavy atom. The fourth-order valence-electron chi connectivity index (χ4n) is 3.25. The highest BCUT2D eigenvalue weighted by atomic mass is 16.5. The molecule has 1 saturated heterocycles. The predicted octanol–water partition coefficient (Wildman–Crippen LogP) is 1.71. The molecule has 1 fully saturated rings. The third-order valence-electron chi connectivity index (χ3n) is 4.69. The predicted molar refractivity (Wildman–Crippen MR) is 90.7 cm³/mol. The number of likely N-dealkylation sites (tertiary alicyclic amines) is 1. The van der Waals surface area contributed by atoms with Crippen LogP contribution in [0.15, 0.2) is 24.3 Å². The summed E-state index contributed by atoms with van der Waals surface area (Å²) in [5, 5.41) is 10.5. The molecule has 0 spiro atoms. The van der Waals surface area contributed by atoms with Crippen LogP contribution in [0.5, 0.6) is 5.75 Å². The number of hydrogen-bond donors (Lipinski definition) is 1. The van der Waals surface area contributed by atoms with Gasteiger partial charge in [-0.15, -0.1) is 0 Å². The third-order valence-corrected chi connectivity index (χ3v) is 4.69. The SMILES string of the molecule is CCN(CC)C(=O)CN1CC[C@@H](c2ccc(OC)cc2)[C@H](O)C1. The first kappa shape index (κ1) is 17.8. The van der Waals surface area contributed by atoms with Crippen LogP contribution in [0.25, 0.3) is 0 Å². The summed E-state index contributed by atoms with van der Waals surface area (Å²) in [6, 6.07) is 7.89. The van der Waals surface area contributed by atoms with Crippen molar-refractivity contribution < 1.29 is 14.6 Å². The quantitative estimate of drug-likeness (QED) is 0.867. The average Bonchev–Trinajstić information content (AvgIpc) is 2.56. The van der Waals surface area contributed by atoms with E-state index in [0.717, 1.165) is 37.4 Å². The first-order valence-corrected chi connectivity index (χ1v) is 8.41. The summed E-state index contributed by atoms with van der Waals surface area (Å²) in [7, 11) is 1.65. The van der Waals surface area contributed by atoms with Gasteiger partial charge in [-0.2, -0.15) is 0 Å². The van der Waals surface area contributed by atoms with Gasteiger partial charge in [0.25, 0.3) is 0 Å². The number of rotatable bonds is 6. The minimum Gasteiger partial charge on any atom is -0.497 e. The van der Waals surface area contributed by atoms with Crippen LogP contribution >= 0.6 is 0 Å². The molecule has 128 valence electrons. The van der Waals surface area contributed by atoms with E-state index >= 15 is 0 Å². The molecule has 0 bridgehead atoms. The van der Waals surface area contributed by atoms with Crippen LogP contribution < -0.4 is 4.74 Å². The standard InChI is InChI=1S/C18H28N2O3/c1-4-20(5-2)18(22)13-19-11-10-16(17(21)12-19)14-6-8-15(23-3)9-7-14/h6-9,16-17,21H,4-5,10-13H2,1-3H3/t16-,17+/m0/s1. The Bertz CT molecular complexity index is 499. The lowest BCUT2D eigenvalue weighted by Crippen LogP contribution is -2.47. The van der Waals surface area contributed by atoms with E-state index in [-0.39, 0.29) is 11.8 Å². The van der Waals surface area contributed by atoms with Crippen LogP contribution in [0.3, 0.4) is 0 Å². The Morgan fingerprint density at radius 1 is 1.30 bits per heavy atom. The van der Waals surface area contributed by atoms with Crippen molar-refractivity contribution in [2.24, 2.45) is 0 Å². The zero-order valence-corrected chi connectivity index (χ0v) is 14.4. The number of aliphatic hydroxyl groups excluding tert-OH is 1. The number of β-amino-alcohol motifs (C(OH)–C–C–N with tert-alkyl or cyclic N) is 1.